The minimum absolute atomic E-state index is 0.534. The van der Waals surface area contributed by atoms with Crippen molar-refractivity contribution in [2.24, 2.45) is 0 Å². The highest BCUT2D eigenvalue weighted by molar-refractivity contribution is 5.33. The number of likely N-dealkylation sites (N-methyl/N-ethyl adjacent to an activating group) is 1. The Morgan fingerprint density at radius 2 is 2.57 bits per heavy atom. The second-order valence-corrected chi connectivity index (χ2v) is 3.63. The number of aromatic nitrogens is 2. The third kappa shape index (κ3) is 2.20. The molecule has 0 aliphatic carbocycles. The first-order valence-electron chi connectivity index (χ1n) is 5.15. The Balaban J connectivity index is 1.88. The summed E-state index contributed by atoms with van der Waals surface area (Å²) in [6.45, 7) is 5.64. The maximum absolute atomic E-state index is 4.01. The van der Waals surface area contributed by atoms with Gasteiger partial charge in [-0.05, 0) is 25.1 Å². The molecule has 14 heavy (non-hydrogen) atoms. The summed E-state index contributed by atoms with van der Waals surface area (Å²) in [6, 6.07) is 4.40. The lowest BCUT2D eigenvalue weighted by molar-refractivity contribution is 0.356. The molecule has 4 nitrogen and oxygen atoms in total. The van der Waals surface area contributed by atoms with E-state index in [2.05, 4.69) is 27.3 Å². The largest absolute Gasteiger partial charge is 0.365 e. The molecule has 1 atom stereocenters. The summed E-state index contributed by atoms with van der Waals surface area (Å²) in [6.07, 6.45) is 2.89. The van der Waals surface area contributed by atoms with E-state index in [1.54, 1.807) is 6.20 Å². The molecular formula is C10H16N4. The van der Waals surface area contributed by atoms with E-state index in [0.717, 1.165) is 18.9 Å². The van der Waals surface area contributed by atoms with Gasteiger partial charge in [0.1, 0.15) is 5.82 Å². The lowest BCUT2D eigenvalue weighted by atomic mass is 10.2. The molecule has 4 heteroatoms. The quantitative estimate of drug-likeness (QED) is 0.775. The first-order chi connectivity index (χ1) is 6.88. The van der Waals surface area contributed by atoms with Gasteiger partial charge in [-0.2, -0.15) is 5.10 Å². The third-order valence-corrected chi connectivity index (χ3v) is 2.64. The van der Waals surface area contributed by atoms with Gasteiger partial charge in [-0.25, -0.2) is 0 Å². The van der Waals surface area contributed by atoms with Crippen LogP contribution in [0.15, 0.2) is 18.3 Å². The number of hydrogen-bond donors (Lipinski definition) is 1. The monoisotopic (exact) mass is 192 g/mol. The molecule has 1 N–H and O–H groups in total. The smallest absolute Gasteiger partial charge is 0.148 e. The van der Waals surface area contributed by atoms with Crippen LogP contribution in [0.25, 0.3) is 0 Å². The molecule has 0 spiro atoms. The molecule has 0 bridgehead atoms. The molecule has 2 rings (SSSR count). The minimum Gasteiger partial charge on any atom is -0.365 e. The summed E-state index contributed by atoms with van der Waals surface area (Å²) in [5.41, 5.74) is 0. The van der Waals surface area contributed by atoms with E-state index in [0.29, 0.717) is 6.04 Å². The van der Waals surface area contributed by atoms with Gasteiger partial charge in [0.2, 0.25) is 0 Å². The lowest BCUT2D eigenvalue weighted by Crippen LogP contribution is -2.26. The summed E-state index contributed by atoms with van der Waals surface area (Å²) in [4.78, 5) is 2.44. The average Bonchev–Trinajstić information content (AvgIpc) is 2.67. The summed E-state index contributed by atoms with van der Waals surface area (Å²) in [7, 11) is 0. The predicted molar refractivity (Wildman–Crippen MR) is 56.2 cm³/mol. The van der Waals surface area contributed by atoms with Crippen LogP contribution in [0.3, 0.4) is 0 Å². The van der Waals surface area contributed by atoms with Gasteiger partial charge in [-0.3, -0.25) is 0 Å². The minimum atomic E-state index is 0.534. The van der Waals surface area contributed by atoms with E-state index >= 15 is 0 Å². The highest BCUT2D eigenvalue weighted by Crippen LogP contribution is 2.12. The molecular weight excluding hydrogens is 176 g/mol. The number of likely N-dealkylation sites (tertiary alicyclic amines) is 1. The normalized spacial score (nSPS) is 22.5. The van der Waals surface area contributed by atoms with Gasteiger partial charge in [-0.15, -0.1) is 5.10 Å². The Labute approximate surface area is 84.3 Å². The Bertz CT molecular complexity index is 275. The molecule has 1 aromatic rings. The van der Waals surface area contributed by atoms with Crippen molar-refractivity contribution in [3.05, 3.63) is 18.3 Å². The van der Waals surface area contributed by atoms with Gasteiger partial charge in [0.05, 0.1) is 0 Å². The third-order valence-electron chi connectivity index (χ3n) is 2.64. The van der Waals surface area contributed by atoms with Crippen molar-refractivity contribution in [2.45, 2.75) is 19.4 Å². The van der Waals surface area contributed by atoms with E-state index in [1.807, 2.05) is 12.1 Å². The topological polar surface area (TPSA) is 41.0 Å². The summed E-state index contributed by atoms with van der Waals surface area (Å²) in [5.74, 6) is 0.885. The van der Waals surface area contributed by atoms with Crippen molar-refractivity contribution in [3.63, 3.8) is 0 Å². The zero-order chi connectivity index (χ0) is 9.80. The molecule has 0 amide bonds. The molecule has 76 valence electrons. The van der Waals surface area contributed by atoms with Crippen molar-refractivity contribution >= 4 is 5.82 Å². The molecule has 0 aromatic carbocycles. The van der Waals surface area contributed by atoms with E-state index in [-0.39, 0.29) is 0 Å². The second-order valence-electron chi connectivity index (χ2n) is 3.63. The van der Waals surface area contributed by atoms with Crippen molar-refractivity contribution in [2.75, 3.05) is 25.0 Å². The van der Waals surface area contributed by atoms with Crippen LogP contribution < -0.4 is 5.32 Å². The molecule has 1 unspecified atom stereocenters. The maximum atomic E-state index is 4.01. The van der Waals surface area contributed by atoms with Crippen molar-refractivity contribution in [1.82, 2.24) is 15.1 Å². The fourth-order valence-electron chi connectivity index (χ4n) is 1.83. The van der Waals surface area contributed by atoms with E-state index < -0.39 is 0 Å². The van der Waals surface area contributed by atoms with E-state index in [9.17, 15) is 0 Å². The maximum Gasteiger partial charge on any atom is 0.148 e. The van der Waals surface area contributed by atoms with Crippen molar-refractivity contribution in [1.29, 1.82) is 0 Å². The van der Waals surface area contributed by atoms with Crippen LogP contribution >= 0.6 is 0 Å². The van der Waals surface area contributed by atoms with Crippen LogP contribution in [0.4, 0.5) is 5.82 Å². The fourth-order valence-corrected chi connectivity index (χ4v) is 1.83. The Hall–Kier alpha value is -1.16. The fraction of sp³-hybridized carbons (Fsp3) is 0.600. The molecule has 1 fully saturated rings. The highest BCUT2D eigenvalue weighted by Gasteiger charge is 2.20. The van der Waals surface area contributed by atoms with Gasteiger partial charge < -0.3 is 10.2 Å². The lowest BCUT2D eigenvalue weighted by Gasteiger charge is -2.14. The van der Waals surface area contributed by atoms with Crippen LogP contribution in [0.5, 0.6) is 0 Å². The Kier molecular flexibility index (Phi) is 2.93. The zero-order valence-corrected chi connectivity index (χ0v) is 8.48. The SMILES string of the molecule is CCN1CCC(Nc2cccnn2)C1. The Morgan fingerprint density at radius 3 is 3.21 bits per heavy atom. The molecule has 0 radical (unpaired) electrons. The van der Waals surface area contributed by atoms with Gasteiger partial charge in [0, 0.05) is 25.3 Å². The number of hydrogen-bond acceptors (Lipinski definition) is 4. The van der Waals surface area contributed by atoms with E-state index in [4.69, 9.17) is 0 Å². The van der Waals surface area contributed by atoms with Gasteiger partial charge >= 0.3 is 0 Å². The standard InChI is InChI=1S/C10H16N4/c1-2-14-7-5-9(8-14)12-10-4-3-6-11-13-10/h3-4,6,9H,2,5,7-8H2,1H3,(H,12,13). The summed E-state index contributed by atoms with van der Waals surface area (Å²) >= 11 is 0. The number of nitrogens with zero attached hydrogens (tertiary/aromatic N) is 3. The summed E-state index contributed by atoms with van der Waals surface area (Å²) < 4.78 is 0. The molecule has 1 aromatic heterocycles. The molecule has 0 saturated carbocycles. The van der Waals surface area contributed by atoms with Crippen LogP contribution in [-0.2, 0) is 0 Å². The van der Waals surface area contributed by atoms with Crippen molar-refractivity contribution in [3.8, 4) is 0 Å². The molecule has 1 aliphatic heterocycles. The van der Waals surface area contributed by atoms with Crippen LogP contribution in [0.1, 0.15) is 13.3 Å². The molecule has 1 saturated heterocycles. The Morgan fingerprint density at radius 1 is 1.64 bits per heavy atom. The van der Waals surface area contributed by atoms with Crippen LogP contribution in [-0.4, -0.2) is 40.8 Å². The highest BCUT2D eigenvalue weighted by atomic mass is 15.2. The zero-order valence-electron chi connectivity index (χ0n) is 8.48. The number of nitrogens with one attached hydrogen (secondary N) is 1. The van der Waals surface area contributed by atoms with Gasteiger partial charge in [0.25, 0.3) is 0 Å². The first-order valence-corrected chi connectivity index (χ1v) is 5.15. The molecule has 2 heterocycles. The van der Waals surface area contributed by atoms with Crippen molar-refractivity contribution < 1.29 is 0 Å². The number of rotatable bonds is 3. The average molecular weight is 192 g/mol. The number of anilines is 1. The summed E-state index contributed by atoms with van der Waals surface area (Å²) in [5, 5.41) is 11.2. The van der Waals surface area contributed by atoms with Gasteiger partial charge in [-0.1, -0.05) is 6.92 Å². The second kappa shape index (κ2) is 4.37. The van der Waals surface area contributed by atoms with Crippen LogP contribution in [0, 0.1) is 0 Å². The van der Waals surface area contributed by atoms with Crippen LogP contribution in [0.2, 0.25) is 0 Å². The first kappa shape index (κ1) is 9.40. The predicted octanol–water partition coefficient (Wildman–Crippen LogP) is 0.983. The molecule has 1 aliphatic rings. The van der Waals surface area contributed by atoms with Gasteiger partial charge in [0.15, 0.2) is 0 Å². The van der Waals surface area contributed by atoms with E-state index in [1.165, 1.54) is 13.0 Å².